The van der Waals surface area contributed by atoms with Crippen molar-refractivity contribution in [1.82, 2.24) is 15.1 Å². The molecule has 3 rings (SSSR count). The van der Waals surface area contributed by atoms with E-state index in [2.05, 4.69) is 10.4 Å². The van der Waals surface area contributed by atoms with E-state index < -0.39 is 5.91 Å². The molecule has 0 fully saturated rings. The number of rotatable bonds is 4. The molecular weight excluding hydrogens is 301 g/mol. The van der Waals surface area contributed by atoms with Crippen LogP contribution in [0.4, 0.5) is 4.39 Å². The van der Waals surface area contributed by atoms with Crippen LogP contribution in [0.1, 0.15) is 16.9 Å². The first-order valence-corrected chi connectivity index (χ1v) is 7.21. The molecule has 3 N–H and O–H groups in total. The van der Waals surface area contributed by atoms with Gasteiger partial charge < -0.3 is 15.5 Å². The van der Waals surface area contributed by atoms with Crippen molar-refractivity contribution in [1.29, 1.82) is 0 Å². The van der Waals surface area contributed by atoms with Crippen LogP contribution in [0.25, 0.3) is 5.69 Å². The zero-order chi connectivity index (χ0) is 16.4. The van der Waals surface area contributed by atoms with Crippen molar-refractivity contribution in [3.63, 3.8) is 0 Å². The van der Waals surface area contributed by atoms with Crippen LogP contribution in [0.15, 0.2) is 42.6 Å². The molecule has 120 valence electrons. The molecular formula is C16H16FN3O3. The number of carbonyl (C=O) groups is 1. The number of halogens is 1. The van der Waals surface area contributed by atoms with Crippen LogP contribution >= 0.6 is 0 Å². The first-order chi connectivity index (χ1) is 11.1. The minimum atomic E-state index is -0.503. The second-order valence-electron chi connectivity index (χ2n) is 5.43. The number of nitrogens with zero attached hydrogens (tertiary/aromatic N) is 2. The van der Waals surface area contributed by atoms with Gasteiger partial charge in [0, 0.05) is 18.6 Å². The summed E-state index contributed by atoms with van der Waals surface area (Å²) in [4.78, 5) is 12.2. The van der Waals surface area contributed by atoms with Gasteiger partial charge in [-0.05, 0) is 30.7 Å². The number of hydrogen-bond acceptors (Lipinski definition) is 4. The monoisotopic (exact) mass is 317 g/mol. The number of carbonyl (C=O) groups excluding carboxylic acids is 1. The number of aliphatic hydroxyl groups is 1. The van der Waals surface area contributed by atoms with E-state index in [0.717, 1.165) is 0 Å². The lowest BCUT2D eigenvalue weighted by Crippen LogP contribution is -2.33. The Bertz CT molecular complexity index is 740. The molecule has 1 aromatic carbocycles. The number of aliphatic hydroxyl groups excluding tert-OH is 1. The van der Waals surface area contributed by atoms with Gasteiger partial charge in [0.05, 0.1) is 11.9 Å². The van der Waals surface area contributed by atoms with Gasteiger partial charge in [-0.15, -0.1) is 0 Å². The molecule has 7 heteroatoms. The summed E-state index contributed by atoms with van der Waals surface area (Å²) in [7, 11) is 0. The van der Waals surface area contributed by atoms with E-state index in [-0.39, 0.29) is 35.8 Å². The molecule has 23 heavy (non-hydrogen) atoms. The lowest BCUT2D eigenvalue weighted by Gasteiger charge is -2.11. The molecule has 0 spiro atoms. The maximum Gasteiger partial charge on any atom is 0.276 e. The van der Waals surface area contributed by atoms with Crippen molar-refractivity contribution in [3.05, 3.63) is 54.1 Å². The highest BCUT2D eigenvalue weighted by molar-refractivity contribution is 5.95. The van der Waals surface area contributed by atoms with Crippen molar-refractivity contribution in [2.24, 2.45) is 5.92 Å². The number of aromatic hydroxyl groups is 1. The summed E-state index contributed by atoms with van der Waals surface area (Å²) in [6, 6.07) is 5.33. The van der Waals surface area contributed by atoms with E-state index in [1.807, 2.05) is 12.2 Å². The molecule has 2 aromatic rings. The average molecular weight is 317 g/mol. The van der Waals surface area contributed by atoms with Gasteiger partial charge in [-0.2, -0.15) is 5.10 Å². The van der Waals surface area contributed by atoms with E-state index in [9.17, 15) is 14.3 Å². The van der Waals surface area contributed by atoms with Gasteiger partial charge in [-0.1, -0.05) is 12.2 Å². The highest BCUT2D eigenvalue weighted by Gasteiger charge is 2.23. The fraction of sp³-hybridized carbons (Fsp3) is 0.250. The summed E-state index contributed by atoms with van der Waals surface area (Å²) in [6.45, 7) is 0.0350. The van der Waals surface area contributed by atoms with Crippen LogP contribution in [0.3, 0.4) is 0 Å². The average Bonchev–Trinajstić information content (AvgIpc) is 3.14. The number of aromatic nitrogens is 2. The van der Waals surface area contributed by atoms with E-state index in [4.69, 9.17) is 5.11 Å². The summed E-state index contributed by atoms with van der Waals surface area (Å²) in [5.74, 6) is -1.11. The molecule has 1 heterocycles. The maximum atomic E-state index is 12.9. The Morgan fingerprint density at radius 1 is 1.35 bits per heavy atom. The van der Waals surface area contributed by atoms with Crippen LogP contribution in [0.2, 0.25) is 0 Å². The minimum Gasteiger partial charge on any atom is -0.504 e. The summed E-state index contributed by atoms with van der Waals surface area (Å²) in [6.07, 6.45) is 5.57. The fourth-order valence-electron chi connectivity index (χ4n) is 2.51. The van der Waals surface area contributed by atoms with Crippen LogP contribution < -0.4 is 5.32 Å². The number of benzene rings is 1. The van der Waals surface area contributed by atoms with Gasteiger partial charge in [-0.3, -0.25) is 4.79 Å². The van der Waals surface area contributed by atoms with Gasteiger partial charge in [0.1, 0.15) is 5.82 Å². The highest BCUT2D eigenvalue weighted by Crippen LogP contribution is 2.21. The van der Waals surface area contributed by atoms with Crippen LogP contribution in [-0.4, -0.2) is 38.5 Å². The van der Waals surface area contributed by atoms with E-state index >= 15 is 0 Å². The van der Waals surface area contributed by atoms with E-state index in [0.29, 0.717) is 12.1 Å². The van der Waals surface area contributed by atoms with Crippen molar-refractivity contribution in [2.75, 3.05) is 6.61 Å². The quantitative estimate of drug-likeness (QED) is 0.744. The Balaban J connectivity index is 1.74. The largest absolute Gasteiger partial charge is 0.504 e. The Morgan fingerprint density at radius 3 is 2.74 bits per heavy atom. The highest BCUT2D eigenvalue weighted by atomic mass is 19.1. The van der Waals surface area contributed by atoms with Gasteiger partial charge in [0.25, 0.3) is 5.91 Å². The number of hydrogen-bond donors (Lipinski definition) is 3. The third kappa shape index (κ3) is 3.24. The lowest BCUT2D eigenvalue weighted by molar-refractivity contribution is 0.0933. The lowest BCUT2D eigenvalue weighted by atomic mass is 10.1. The fourth-order valence-corrected chi connectivity index (χ4v) is 2.51. The van der Waals surface area contributed by atoms with Crippen molar-refractivity contribution in [2.45, 2.75) is 12.5 Å². The second kappa shape index (κ2) is 6.21. The molecule has 0 bridgehead atoms. The number of nitrogens with one attached hydrogen (secondary N) is 1. The molecule has 0 aliphatic heterocycles. The molecule has 0 saturated carbocycles. The van der Waals surface area contributed by atoms with Crippen LogP contribution in [-0.2, 0) is 0 Å². The van der Waals surface area contributed by atoms with Gasteiger partial charge >= 0.3 is 0 Å². The topological polar surface area (TPSA) is 87.4 Å². The molecule has 0 unspecified atom stereocenters. The predicted molar refractivity (Wildman–Crippen MR) is 80.8 cm³/mol. The molecule has 1 aliphatic carbocycles. The van der Waals surface area contributed by atoms with Gasteiger partial charge in [0.2, 0.25) is 0 Å². The molecule has 2 atom stereocenters. The summed E-state index contributed by atoms with van der Waals surface area (Å²) in [5.41, 5.74) is 0.428. The zero-order valence-electron chi connectivity index (χ0n) is 12.2. The predicted octanol–water partition coefficient (Wildman–Crippen LogP) is 1.38. The zero-order valence-corrected chi connectivity index (χ0v) is 12.2. The SMILES string of the molecule is O=C(N[C@@H]1C=C[C@H](CO)C1)c1nn(-c2ccc(F)cc2)cc1O. The van der Waals surface area contributed by atoms with Crippen LogP contribution in [0.5, 0.6) is 5.75 Å². The summed E-state index contributed by atoms with van der Waals surface area (Å²) in [5, 5.41) is 25.8. The van der Waals surface area contributed by atoms with Gasteiger partial charge in [0.15, 0.2) is 11.4 Å². The number of amides is 1. The van der Waals surface area contributed by atoms with Crippen LogP contribution in [0, 0.1) is 11.7 Å². The third-order valence-corrected chi connectivity index (χ3v) is 3.72. The second-order valence-corrected chi connectivity index (χ2v) is 5.43. The Labute approximate surface area is 131 Å². The molecule has 1 amide bonds. The molecule has 1 aliphatic rings. The third-order valence-electron chi connectivity index (χ3n) is 3.72. The van der Waals surface area contributed by atoms with Crippen molar-refractivity contribution in [3.8, 4) is 11.4 Å². The Morgan fingerprint density at radius 2 is 2.09 bits per heavy atom. The molecule has 0 radical (unpaired) electrons. The van der Waals surface area contributed by atoms with Crippen molar-refractivity contribution < 1.29 is 19.4 Å². The molecule has 0 saturated heterocycles. The standard InChI is InChI=1S/C16H16FN3O3/c17-11-2-5-13(6-3-11)20-8-14(22)15(19-20)16(23)18-12-4-1-10(7-12)9-21/h1-6,8,10,12,21-22H,7,9H2,(H,18,23)/t10-,12+/m0/s1. The summed E-state index contributed by atoms with van der Waals surface area (Å²) < 4.78 is 14.2. The van der Waals surface area contributed by atoms with Gasteiger partial charge in [-0.25, -0.2) is 9.07 Å². The Kier molecular flexibility index (Phi) is 4.12. The molecule has 6 nitrogen and oxygen atoms in total. The smallest absolute Gasteiger partial charge is 0.276 e. The summed E-state index contributed by atoms with van der Waals surface area (Å²) >= 11 is 0. The first-order valence-electron chi connectivity index (χ1n) is 7.21. The van der Waals surface area contributed by atoms with E-state index in [1.54, 1.807) is 0 Å². The normalized spacial score (nSPS) is 19.9. The minimum absolute atomic E-state index is 0.0330. The maximum absolute atomic E-state index is 12.9. The molecule has 1 aromatic heterocycles. The van der Waals surface area contributed by atoms with E-state index in [1.165, 1.54) is 35.1 Å². The van der Waals surface area contributed by atoms with Crippen molar-refractivity contribution >= 4 is 5.91 Å². The Hall–Kier alpha value is -2.67. The first kappa shape index (κ1) is 15.2.